The number of benzene rings is 1. The van der Waals surface area contributed by atoms with Gasteiger partial charge in [-0.25, -0.2) is 0 Å². The van der Waals surface area contributed by atoms with Gasteiger partial charge in [0.05, 0.1) is 5.69 Å². The van der Waals surface area contributed by atoms with E-state index in [0.717, 1.165) is 5.69 Å². The van der Waals surface area contributed by atoms with Gasteiger partial charge in [-0.2, -0.15) is 5.10 Å². The van der Waals surface area contributed by atoms with E-state index in [1.54, 1.807) is 0 Å². The lowest BCUT2D eigenvalue weighted by atomic mass is 9.90. The zero-order valence-corrected chi connectivity index (χ0v) is 11.8. The van der Waals surface area contributed by atoms with Crippen LogP contribution in [0, 0.1) is 27.7 Å². The molecule has 2 aromatic rings. The summed E-state index contributed by atoms with van der Waals surface area (Å²) in [5, 5.41) is 4.44. The highest BCUT2D eigenvalue weighted by Crippen LogP contribution is 2.33. The number of aromatic nitrogens is 2. The summed E-state index contributed by atoms with van der Waals surface area (Å²) >= 11 is 0. The third kappa shape index (κ3) is 1.95. The number of nitrogens with zero attached hydrogens (tertiary/aromatic N) is 2. The van der Waals surface area contributed by atoms with Crippen molar-refractivity contribution >= 4 is 0 Å². The number of rotatable bonds is 2. The van der Waals surface area contributed by atoms with Crippen molar-refractivity contribution in [2.24, 2.45) is 12.8 Å². The second kappa shape index (κ2) is 4.58. The first-order valence-electron chi connectivity index (χ1n) is 6.26. The molecule has 0 fully saturated rings. The van der Waals surface area contributed by atoms with Crippen molar-refractivity contribution in [3.63, 3.8) is 0 Å². The molecule has 0 bridgehead atoms. The van der Waals surface area contributed by atoms with Gasteiger partial charge in [0.1, 0.15) is 0 Å². The number of aryl methyl sites for hydroxylation is 3. The van der Waals surface area contributed by atoms with E-state index >= 15 is 0 Å². The maximum Gasteiger partial charge on any atom is 0.0838 e. The van der Waals surface area contributed by atoms with Gasteiger partial charge in [0.25, 0.3) is 0 Å². The van der Waals surface area contributed by atoms with Gasteiger partial charge >= 0.3 is 0 Å². The predicted octanol–water partition coefficient (Wildman–Crippen LogP) is 2.78. The molecule has 0 saturated carbocycles. The smallest absolute Gasteiger partial charge is 0.0838 e. The lowest BCUT2D eigenvalue weighted by Gasteiger charge is -2.15. The summed E-state index contributed by atoms with van der Waals surface area (Å²) in [6.45, 7) is 9.13. The van der Waals surface area contributed by atoms with Gasteiger partial charge in [0.15, 0.2) is 0 Å². The van der Waals surface area contributed by atoms with Crippen molar-refractivity contribution in [2.45, 2.75) is 34.2 Å². The molecule has 0 aliphatic carbocycles. The van der Waals surface area contributed by atoms with Crippen LogP contribution in [0.3, 0.4) is 0 Å². The largest absolute Gasteiger partial charge is 0.325 e. The van der Waals surface area contributed by atoms with Crippen LogP contribution in [0.15, 0.2) is 12.3 Å². The van der Waals surface area contributed by atoms with E-state index in [4.69, 9.17) is 5.73 Å². The van der Waals surface area contributed by atoms with E-state index in [0.29, 0.717) is 6.54 Å². The minimum Gasteiger partial charge on any atom is -0.325 e. The molecule has 2 N–H and O–H groups in total. The van der Waals surface area contributed by atoms with E-state index in [-0.39, 0.29) is 0 Å². The summed E-state index contributed by atoms with van der Waals surface area (Å²) in [5.41, 5.74) is 14.5. The summed E-state index contributed by atoms with van der Waals surface area (Å²) in [6, 6.07) is 2.24. The van der Waals surface area contributed by atoms with E-state index < -0.39 is 0 Å². The minimum absolute atomic E-state index is 0.474. The first-order valence-corrected chi connectivity index (χ1v) is 6.26. The molecule has 96 valence electrons. The molecule has 0 atom stereocenters. The van der Waals surface area contributed by atoms with E-state index in [1.165, 1.54) is 33.4 Å². The standard InChI is InChI=1S/C15H21N3/c1-9-6-10(2)12(4)15(11(9)3)13-8-18(5)17-14(13)7-16/h6,8H,7,16H2,1-5H3. The fraction of sp³-hybridized carbons (Fsp3) is 0.400. The Kier molecular flexibility index (Phi) is 3.26. The molecule has 1 aromatic heterocycles. The topological polar surface area (TPSA) is 43.8 Å². The van der Waals surface area contributed by atoms with Crippen molar-refractivity contribution in [1.82, 2.24) is 9.78 Å². The molecule has 0 radical (unpaired) electrons. The third-order valence-corrected chi connectivity index (χ3v) is 3.73. The Bertz CT molecular complexity index is 568. The van der Waals surface area contributed by atoms with Crippen LogP contribution in [0.1, 0.15) is 27.9 Å². The van der Waals surface area contributed by atoms with Gasteiger partial charge in [0, 0.05) is 25.4 Å². The predicted molar refractivity (Wildman–Crippen MR) is 75.5 cm³/mol. The van der Waals surface area contributed by atoms with Crippen LogP contribution in [0.25, 0.3) is 11.1 Å². The van der Waals surface area contributed by atoms with Crippen LogP contribution < -0.4 is 5.73 Å². The maximum atomic E-state index is 5.80. The molecule has 3 nitrogen and oxygen atoms in total. The van der Waals surface area contributed by atoms with Crippen LogP contribution in [0.5, 0.6) is 0 Å². The lowest BCUT2D eigenvalue weighted by molar-refractivity contribution is 0.742. The van der Waals surface area contributed by atoms with Crippen molar-refractivity contribution in [2.75, 3.05) is 0 Å². The molecule has 3 heteroatoms. The Labute approximate surface area is 109 Å². The maximum absolute atomic E-state index is 5.80. The lowest BCUT2D eigenvalue weighted by Crippen LogP contribution is -2.02. The Balaban J connectivity index is 2.77. The zero-order chi connectivity index (χ0) is 13.4. The molecule has 0 amide bonds. The molecule has 0 unspecified atom stereocenters. The van der Waals surface area contributed by atoms with Crippen LogP contribution in [0.2, 0.25) is 0 Å². The Morgan fingerprint density at radius 1 is 1.11 bits per heavy atom. The van der Waals surface area contributed by atoms with Crippen molar-refractivity contribution in [3.05, 3.63) is 40.2 Å². The molecule has 0 saturated heterocycles. The van der Waals surface area contributed by atoms with Crippen molar-refractivity contribution < 1.29 is 0 Å². The molecule has 18 heavy (non-hydrogen) atoms. The quantitative estimate of drug-likeness (QED) is 0.881. The minimum atomic E-state index is 0.474. The van der Waals surface area contributed by atoms with E-state index in [2.05, 4.69) is 45.1 Å². The van der Waals surface area contributed by atoms with Crippen LogP contribution in [-0.4, -0.2) is 9.78 Å². The average Bonchev–Trinajstić information content (AvgIpc) is 2.68. The first-order chi connectivity index (χ1) is 8.45. The van der Waals surface area contributed by atoms with Gasteiger partial charge in [-0.05, 0) is 55.5 Å². The average molecular weight is 243 g/mol. The Morgan fingerprint density at radius 3 is 2.17 bits per heavy atom. The van der Waals surface area contributed by atoms with Gasteiger partial charge in [-0.15, -0.1) is 0 Å². The fourth-order valence-corrected chi connectivity index (χ4v) is 2.51. The van der Waals surface area contributed by atoms with E-state index in [1.807, 2.05) is 11.7 Å². The van der Waals surface area contributed by atoms with Crippen LogP contribution in [-0.2, 0) is 13.6 Å². The van der Waals surface area contributed by atoms with Crippen molar-refractivity contribution in [1.29, 1.82) is 0 Å². The zero-order valence-electron chi connectivity index (χ0n) is 11.8. The molecular formula is C15H21N3. The fourth-order valence-electron chi connectivity index (χ4n) is 2.51. The van der Waals surface area contributed by atoms with Crippen LogP contribution in [0.4, 0.5) is 0 Å². The van der Waals surface area contributed by atoms with Gasteiger partial charge in [0.2, 0.25) is 0 Å². The van der Waals surface area contributed by atoms with Gasteiger partial charge < -0.3 is 5.73 Å². The summed E-state index contributed by atoms with van der Waals surface area (Å²) < 4.78 is 1.84. The summed E-state index contributed by atoms with van der Waals surface area (Å²) in [7, 11) is 1.94. The molecule has 0 aliphatic rings. The van der Waals surface area contributed by atoms with Crippen molar-refractivity contribution in [3.8, 4) is 11.1 Å². The molecule has 0 aliphatic heterocycles. The highest BCUT2D eigenvalue weighted by Gasteiger charge is 2.15. The molecule has 2 rings (SSSR count). The monoisotopic (exact) mass is 243 g/mol. The second-order valence-corrected chi connectivity index (χ2v) is 5.00. The third-order valence-electron chi connectivity index (χ3n) is 3.73. The number of hydrogen-bond acceptors (Lipinski definition) is 2. The highest BCUT2D eigenvalue weighted by molar-refractivity contribution is 5.74. The molecular weight excluding hydrogens is 222 g/mol. The summed E-state index contributed by atoms with van der Waals surface area (Å²) in [5.74, 6) is 0. The number of hydrogen-bond donors (Lipinski definition) is 1. The summed E-state index contributed by atoms with van der Waals surface area (Å²) in [6.07, 6.45) is 2.07. The Hall–Kier alpha value is -1.61. The number of nitrogens with two attached hydrogens (primary N) is 1. The molecule has 1 heterocycles. The summed E-state index contributed by atoms with van der Waals surface area (Å²) in [4.78, 5) is 0. The van der Waals surface area contributed by atoms with Gasteiger partial charge in [-0.3, -0.25) is 4.68 Å². The van der Waals surface area contributed by atoms with Crippen LogP contribution >= 0.6 is 0 Å². The van der Waals surface area contributed by atoms with Gasteiger partial charge in [-0.1, -0.05) is 6.07 Å². The highest BCUT2D eigenvalue weighted by atomic mass is 15.3. The molecule has 1 aromatic carbocycles. The SMILES string of the molecule is Cc1cc(C)c(C)c(-c2cn(C)nc2CN)c1C. The first kappa shape index (κ1) is 12.8. The normalized spacial score (nSPS) is 11.0. The molecule has 0 spiro atoms. The second-order valence-electron chi connectivity index (χ2n) is 5.00. The Morgan fingerprint density at radius 2 is 1.67 bits per heavy atom. The van der Waals surface area contributed by atoms with E-state index in [9.17, 15) is 0 Å².